The second-order valence-corrected chi connectivity index (χ2v) is 7.17. The predicted molar refractivity (Wildman–Crippen MR) is 101 cm³/mol. The van der Waals surface area contributed by atoms with Crippen molar-refractivity contribution in [3.8, 4) is 5.75 Å². The summed E-state index contributed by atoms with van der Waals surface area (Å²) in [5, 5.41) is 13.7. The number of hydrogen-bond donors (Lipinski definition) is 2. The number of nitrogens with one attached hydrogen (secondary N) is 1. The van der Waals surface area contributed by atoms with Gasteiger partial charge in [0.1, 0.15) is 17.9 Å². The fraction of sp³-hybridized carbons (Fsp3) is 0.381. The number of methoxy groups -OCH3 is 1. The third-order valence-corrected chi connectivity index (χ3v) is 3.86. The number of β-amino-alcohol motifs (C(OH)–C–C–N with tert-alkyl or cyclic N) is 1. The molecular weight excluding hydrogens is 330 g/mol. The second kappa shape index (κ2) is 8.83. The van der Waals surface area contributed by atoms with Gasteiger partial charge >= 0.3 is 5.97 Å². The largest absolute Gasteiger partial charge is 0.488 e. The van der Waals surface area contributed by atoms with E-state index in [4.69, 9.17) is 9.47 Å². The lowest BCUT2D eigenvalue weighted by Crippen LogP contribution is -2.38. The second-order valence-electron chi connectivity index (χ2n) is 7.17. The molecule has 2 N–H and O–H groups in total. The quantitative estimate of drug-likeness (QED) is 0.743. The van der Waals surface area contributed by atoms with Gasteiger partial charge in [0.15, 0.2) is 0 Å². The minimum absolute atomic E-state index is 0.106. The Balaban J connectivity index is 2.17. The van der Waals surface area contributed by atoms with Crippen LogP contribution in [0.15, 0.2) is 48.5 Å². The highest BCUT2D eigenvalue weighted by Crippen LogP contribution is 2.25. The van der Waals surface area contributed by atoms with Crippen molar-refractivity contribution in [2.75, 3.05) is 13.7 Å². The molecule has 0 saturated carbocycles. The van der Waals surface area contributed by atoms with Crippen LogP contribution >= 0.6 is 0 Å². The van der Waals surface area contributed by atoms with Crippen LogP contribution in [0.1, 0.15) is 48.4 Å². The lowest BCUT2D eigenvalue weighted by Gasteiger charge is -2.23. The molecule has 1 atom stereocenters. The molecule has 0 aliphatic heterocycles. The van der Waals surface area contributed by atoms with Crippen molar-refractivity contribution in [3.05, 3.63) is 65.2 Å². The summed E-state index contributed by atoms with van der Waals surface area (Å²) < 4.78 is 10.7. The van der Waals surface area contributed by atoms with Gasteiger partial charge in [-0.2, -0.15) is 0 Å². The zero-order chi connectivity index (χ0) is 19.2. The van der Waals surface area contributed by atoms with Crippen LogP contribution in [0.4, 0.5) is 0 Å². The highest BCUT2D eigenvalue weighted by atomic mass is 16.5. The van der Waals surface area contributed by atoms with Crippen molar-refractivity contribution in [1.82, 2.24) is 5.32 Å². The minimum atomic E-state index is -0.735. The summed E-state index contributed by atoms with van der Waals surface area (Å²) in [6.45, 7) is 6.81. The first-order valence-electron chi connectivity index (χ1n) is 8.62. The number of rotatable bonds is 7. The van der Waals surface area contributed by atoms with Crippen LogP contribution in [-0.4, -0.2) is 30.3 Å². The van der Waals surface area contributed by atoms with Crippen molar-refractivity contribution in [1.29, 1.82) is 0 Å². The number of ether oxygens (including phenoxy) is 2. The summed E-state index contributed by atoms with van der Waals surface area (Å²) in [5.41, 5.74) is 1.83. The molecule has 0 aliphatic rings. The van der Waals surface area contributed by atoms with Gasteiger partial charge in [-0.25, -0.2) is 4.79 Å². The van der Waals surface area contributed by atoms with Crippen molar-refractivity contribution in [3.63, 3.8) is 0 Å². The van der Waals surface area contributed by atoms with E-state index in [0.29, 0.717) is 30.0 Å². The molecule has 0 fully saturated rings. The molecule has 140 valence electrons. The van der Waals surface area contributed by atoms with E-state index in [2.05, 4.69) is 5.32 Å². The Morgan fingerprint density at radius 3 is 2.46 bits per heavy atom. The molecule has 0 aromatic heterocycles. The Morgan fingerprint density at radius 1 is 1.15 bits per heavy atom. The molecule has 2 rings (SSSR count). The number of hydrogen-bond acceptors (Lipinski definition) is 5. The summed E-state index contributed by atoms with van der Waals surface area (Å²) in [6.07, 6.45) is -0.735. The van der Waals surface area contributed by atoms with Crippen LogP contribution in [-0.2, 0) is 11.3 Å². The third kappa shape index (κ3) is 5.86. The Labute approximate surface area is 155 Å². The van der Waals surface area contributed by atoms with Crippen LogP contribution in [0.3, 0.4) is 0 Å². The first-order valence-corrected chi connectivity index (χ1v) is 8.62. The van der Waals surface area contributed by atoms with Crippen LogP contribution < -0.4 is 10.1 Å². The molecule has 5 heteroatoms. The Bertz CT molecular complexity index is 723. The standard InChI is InChI=1S/C21H27NO4/c1-21(2,3)22-13-18(23)16-10-11-19(17(12-16)20(24)25-4)26-14-15-8-6-5-7-9-15/h5-12,18,22-23H,13-14H2,1-4H3/t18-/m0/s1. The molecule has 5 nitrogen and oxygen atoms in total. The molecule has 0 aliphatic carbocycles. The van der Waals surface area contributed by atoms with E-state index >= 15 is 0 Å². The van der Waals surface area contributed by atoms with Gasteiger partial charge in [-0.05, 0) is 44.0 Å². The molecule has 0 bridgehead atoms. The average molecular weight is 357 g/mol. The van der Waals surface area contributed by atoms with Gasteiger partial charge in [-0.3, -0.25) is 0 Å². The normalized spacial score (nSPS) is 12.5. The van der Waals surface area contributed by atoms with E-state index in [-0.39, 0.29) is 5.54 Å². The van der Waals surface area contributed by atoms with E-state index < -0.39 is 12.1 Å². The molecule has 0 saturated heterocycles. The Morgan fingerprint density at radius 2 is 1.85 bits per heavy atom. The summed E-state index contributed by atoms with van der Waals surface area (Å²) in [4.78, 5) is 12.1. The molecule has 0 radical (unpaired) electrons. The third-order valence-electron chi connectivity index (χ3n) is 3.86. The summed E-state index contributed by atoms with van der Waals surface area (Å²) in [6, 6.07) is 14.8. The van der Waals surface area contributed by atoms with E-state index in [1.807, 2.05) is 51.1 Å². The number of carbonyl (C=O) groups excluding carboxylic acids is 1. The lowest BCUT2D eigenvalue weighted by molar-refractivity contribution is 0.0595. The molecule has 0 amide bonds. The van der Waals surface area contributed by atoms with Crippen LogP contribution in [0.2, 0.25) is 0 Å². The molecule has 0 heterocycles. The van der Waals surface area contributed by atoms with Crippen molar-refractivity contribution in [2.24, 2.45) is 0 Å². The van der Waals surface area contributed by atoms with Gasteiger partial charge in [-0.15, -0.1) is 0 Å². The molecule has 0 unspecified atom stereocenters. The lowest BCUT2D eigenvalue weighted by atomic mass is 10.0. The Hall–Kier alpha value is -2.37. The summed E-state index contributed by atoms with van der Waals surface area (Å²) >= 11 is 0. The van der Waals surface area contributed by atoms with E-state index in [1.165, 1.54) is 7.11 Å². The van der Waals surface area contributed by atoms with Gasteiger partial charge in [0, 0.05) is 12.1 Å². The van der Waals surface area contributed by atoms with Crippen LogP contribution in [0, 0.1) is 0 Å². The average Bonchev–Trinajstić information content (AvgIpc) is 2.64. The zero-order valence-electron chi connectivity index (χ0n) is 15.8. The van der Waals surface area contributed by atoms with E-state index in [1.54, 1.807) is 18.2 Å². The highest BCUT2D eigenvalue weighted by Gasteiger charge is 2.19. The Kier molecular flexibility index (Phi) is 6.77. The first-order chi connectivity index (χ1) is 12.3. The fourth-order valence-corrected chi connectivity index (χ4v) is 2.41. The topological polar surface area (TPSA) is 67.8 Å². The van der Waals surface area contributed by atoms with Gasteiger partial charge in [0.2, 0.25) is 0 Å². The molecular formula is C21H27NO4. The summed E-state index contributed by atoms with van der Waals surface area (Å²) in [7, 11) is 1.33. The number of esters is 1. The van der Waals surface area contributed by atoms with Crippen molar-refractivity contribution < 1.29 is 19.4 Å². The van der Waals surface area contributed by atoms with Gasteiger partial charge < -0.3 is 19.9 Å². The van der Waals surface area contributed by atoms with E-state index in [0.717, 1.165) is 5.56 Å². The minimum Gasteiger partial charge on any atom is -0.488 e. The van der Waals surface area contributed by atoms with Crippen molar-refractivity contribution >= 4 is 5.97 Å². The van der Waals surface area contributed by atoms with Gasteiger partial charge in [-0.1, -0.05) is 36.4 Å². The van der Waals surface area contributed by atoms with Crippen LogP contribution in [0.25, 0.3) is 0 Å². The maximum absolute atomic E-state index is 12.1. The first kappa shape index (κ1) is 19.9. The molecule has 26 heavy (non-hydrogen) atoms. The smallest absolute Gasteiger partial charge is 0.341 e. The molecule has 0 spiro atoms. The molecule has 2 aromatic rings. The van der Waals surface area contributed by atoms with Crippen LogP contribution in [0.5, 0.6) is 5.75 Å². The SMILES string of the molecule is COC(=O)c1cc([C@@H](O)CNC(C)(C)C)ccc1OCc1ccccc1. The number of carbonyl (C=O) groups is 1. The zero-order valence-corrected chi connectivity index (χ0v) is 15.8. The maximum Gasteiger partial charge on any atom is 0.341 e. The van der Waals surface area contributed by atoms with Crippen molar-refractivity contribution in [2.45, 2.75) is 39.0 Å². The number of aliphatic hydroxyl groups excluding tert-OH is 1. The number of aliphatic hydroxyl groups is 1. The monoisotopic (exact) mass is 357 g/mol. The summed E-state index contributed by atoms with van der Waals surface area (Å²) in [5.74, 6) is -0.0636. The van der Waals surface area contributed by atoms with Gasteiger partial charge in [0.05, 0.1) is 13.2 Å². The maximum atomic E-state index is 12.1. The predicted octanol–water partition coefficient (Wildman–Crippen LogP) is 3.47. The fourth-order valence-electron chi connectivity index (χ4n) is 2.41. The highest BCUT2D eigenvalue weighted by molar-refractivity contribution is 5.92. The number of benzene rings is 2. The van der Waals surface area contributed by atoms with Gasteiger partial charge in [0.25, 0.3) is 0 Å². The molecule has 2 aromatic carbocycles. The van der Waals surface area contributed by atoms with E-state index in [9.17, 15) is 9.90 Å².